The summed E-state index contributed by atoms with van der Waals surface area (Å²) < 4.78 is 0. The molecule has 0 saturated carbocycles. The van der Waals surface area contributed by atoms with E-state index in [4.69, 9.17) is 11.6 Å². The van der Waals surface area contributed by atoms with Crippen molar-refractivity contribution < 1.29 is 0 Å². The first-order valence-electron chi connectivity index (χ1n) is 5.50. The molecule has 0 fully saturated rings. The summed E-state index contributed by atoms with van der Waals surface area (Å²) in [5.41, 5.74) is 0. The minimum Gasteiger partial charge on any atom is -0.363 e. The Bertz CT molecular complexity index is 542. The van der Waals surface area contributed by atoms with Crippen LogP contribution in [0.1, 0.15) is 22.7 Å². The van der Waals surface area contributed by atoms with Gasteiger partial charge >= 0.3 is 0 Å². The lowest BCUT2D eigenvalue weighted by Gasteiger charge is -2.13. The SMILES string of the molecule is CSc1nc(Cl)cc(NC(C)c2ccc(C)s2)n1. The minimum atomic E-state index is 0.212. The zero-order valence-electron chi connectivity index (χ0n) is 10.4. The zero-order valence-corrected chi connectivity index (χ0v) is 12.8. The molecule has 6 heteroatoms. The maximum atomic E-state index is 5.96. The lowest BCUT2D eigenvalue weighted by Crippen LogP contribution is -2.07. The molecule has 2 aromatic rings. The topological polar surface area (TPSA) is 37.8 Å². The predicted molar refractivity (Wildman–Crippen MR) is 79.9 cm³/mol. The lowest BCUT2D eigenvalue weighted by atomic mass is 10.3. The number of hydrogen-bond acceptors (Lipinski definition) is 5. The van der Waals surface area contributed by atoms with Crippen molar-refractivity contribution in [2.75, 3.05) is 11.6 Å². The number of anilines is 1. The molecule has 0 aliphatic carbocycles. The molecule has 1 atom stereocenters. The number of halogens is 1. The van der Waals surface area contributed by atoms with Crippen LogP contribution in [0.5, 0.6) is 0 Å². The van der Waals surface area contributed by atoms with E-state index >= 15 is 0 Å². The summed E-state index contributed by atoms with van der Waals surface area (Å²) >= 11 is 9.23. The molecule has 0 bridgehead atoms. The van der Waals surface area contributed by atoms with Crippen LogP contribution < -0.4 is 5.32 Å². The van der Waals surface area contributed by atoms with Crippen molar-refractivity contribution in [3.05, 3.63) is 33.1 Å². The second-order valence-corrected chi connectivity index (χ2v) is 6.36. The molecule has 18 heavy (non-hydrogen) atoms. The van der Waals surface area contributed by atoms with Gasteiger partial charge in [0.05, 0.1) is 6.04 Å². The third-order valence-corrected chi connectivity index (χ3v) is 4.33. The molecular formula is C12H14ClN3S2. The van der Waals surface area contributed by atoms with Crippen LogP contribution in [0.25, 0.3) is 0 Å². The van der Waals surface area contributed by atoms with Gasteiger partial charge in [-0.05, 0) is 32.2 Å². The van der Waals surface area contributed by atoms with E-state index in [1.165, 1.54) is 21.5 Å². The summed E-state index contributed by atoms with van der Waals surface area (Å²) in [4.78, 5) is 11.1. The Kier molecular flexibility index (Phi) is 4.48. The molecular weight excluding hydrogens is 286 g/mol. The number of nitrogens with one attached hydrogen (secondary N) is 1. The molecule has 96 valence electrons. The number of nitrogens with zero attached hydrogens (tertiary/aromatic N) is 2. The van der Waals surface area contributed by atoms with Crippen LogP contribution >= 0.6 is 34.7 Å². The Morgan fingerprint density at radius 1 is 1.39 bits per heavy atom. The van der Waals surface area contributed by atoms with Gasteiger partial charge in [0.25, 0.3) is 0 Å². The fraction of sp³-hybridized carbons (Fsp3) is 0.333. The molecule has 2 aromatic heterocycles. The monoisotopic (exact) mass is 299 g/mol. The van der Waals surface area contributed by atoms with Crippen molar-refractivity contribution in [1.82, 2.24) is 9.97 Å². The fourth-order valence-electron chi connectivity index (χ4n) is 1.54. The van der Waals surface area contributed by atoms with Crippen molar-refractivity contribution in [3.8, 4) is 0 Å². The van der Waals surface area contributed by atoms with Crippen LogP contribution in [-0.4, -0.2) is 16.2 Å². The van der Waals surface area contributed by atoms with Crippen molar-refractivity contribution in [2.24, 2.45) is 0 Å². The molecule has 3 nitrogen and oxygen atoms in total. The minimum absolute atomic E-state index is 0.212. The Balaban J connectivity index is 2.16. The Morgan fingerprint density at radius 2 is 2.17 bits per heavy atom. The van der Waals surface area contributed by atoms with E-state index in [1.54, 1.807) is 17.4 Å². The number of thioether (sulfide) groups is 1. The molecule has 0 aliphatic rings. The summed E-state index contributed by atoms with van der Waals surface area (Å²) in [6, 6.07) is 6.22. The summed E-state index contributed by atoms with van der Waals surface area (Å²) in [6.45, 7) is 4.22. The van der Waals surface area contributed by atoms with Crippen LogP contribution in [0, 0.1) is 6.92 Å². The van der Waals surface area contributed by atoms with Crippen LogP contribution in [0.3, 0.4) is 0 Å². The molecule has 0 saturated heterocycles. The lowest BCUT2D eigenvalue weighted by molar-refractivity contribution is 0.872. The average Bonchev–Trinajstić information content (AvgIpc) is 2.75. The van der Waals surface area contributed by atoms with Crippen LogP contribution in [0.2, 0.25) is 5.15 Å². The van der Waals surface area contributed by atoms with E-state index in [0.717, 1.165) is 5.82 Å². The molecule has 1 N–H and O–H groups in total. The first-order chi connectivity index (χ1) is 8.58. The molecule has 0 amide bonds. The normalized spacial score (nSPS) is 12.4. The number of rotatable bonds is 4. The van der Waals surface area contributed by atoms with Gasteiger partial charge in [0.2, 0.25) is 0 Å². The Morgan fingerprint density at radius 3 is 2.78 bits per heavy atom. The van der Waals surface area contributed by atoms with E-state index in [-0.39, 0.29) is 6.04 Å². The second-order valence-electron chi connectivity index (χ2n) is 3.88. The van der Waals surface area contributed by atoms with Gasteiger partial charge in [-0.25, -0.2) is 9.97 Å². The van der Waals surface area contributed by atoms with E-state index in [9.17, 15) is 0 Å². The predicted octanol–water partition coefficient (Wildman–Crippen LogP) is 4.39. The van der Waals surface area contributed by atoms with Gasteiger partial charge in [0.15, 0.2) is 5.16 Å². The molecule has 2 rings (SSSR count). The smallest absolute Gasteiger partial charge is 0.190 e. The Labute approximate surface area is 120 Å². The second kappa shape index (κ2) is 5.91. The highest BCUT2D eigenvalue weighted by molar-refractivity contribution is 7.98. The van der Waals surface area contributed by atoms with Gasteiger partial charge < -0.3 is 5.32 Å². The van der Waals surface area contributed by atoms with Crippen molar-refractivity contribution in [1.29, 1.82) is 0 Å². The number of aromatic nitrogens is 2. The van der Waals surface area contributed by atoms with Gasteiger partial charge in [0, 0.05) is 15.8 Å². The highest BCUT2D eigenvalue weighted by Gasteiger charge is 2.10. The maximum Gasteiger partial charge on any atom is 0.190 e. The average molecular weight is 300 g/mol. The molecule has 0 spiro atoms. The van der Waals surface area contributed by atoms with Gasteiger partial charge in [-0.1, -0.05) is 23.4 Å². The largest absolute Gasteiger partial charge is 0.363 e. The van der Waals surface area contributed by atoms with Crippen molar-refractivity contribution >= 4 is 40.5 Å². The summed E-state index contributed by atoms with van der Waals surface area (Å²) in [5.74, 6) is 0.762. The first-order valence-corrected chi connectivity index (χ1v) is 7.92. The standard InChI is InChI=1S/C12H14ClN3S2/c1-7-4-5-9(18-7)8(2)14-11-6-10(13)15-12(16-11)17-3/h4-6,8H,1-3H3,(H,14,15,16). The molecule has 0 aromatic carbocycles. The van der Waals surface area contributed by atoms with Crippen LogP contribution in [-0.2, 0) is 0 Å². The maximum absolute atomic E-state index is 5.96. The van der Waals surface area contributed by atoms with E-state index < -0.39 is 0 Å². The quantitative estimate of drug-likeness (QED) is 0.516. The van der Waals surface area contributed by atoms with Crippen molar-refractivity contribution in [3.63, 3.8) is 0 Å². The third-order valence-electron chi connectivity index (χ3n) is 2.41. The zero-order chi connectivity index (χ0) is 13.1. The van der Waals surface area contributed by atoms with Crippen LogP contribution in [0.4, 0.5) is 5.82 Å². The highest BCUT2D eigenvalue weighted by atomic mass is 35.5. The summed E-state index contributed by atoms with van der Waals surface area (Å²) in [7, 11) is 0. The third kappa shape index (κ3) is 3.37. The van der Waals surface area contributed by atoms with E-state index in [0.29, 0.717) is 10.3 Å². The fourth-order valence-corrected chi connectivity index (χ4v) is 3.03. The molecule has 1 unspecified atom stereocenters. The first kappa shape index (κ1) is 13.6. The molecule has 2 heterocycles. The van der Waals surface area contributed by atoms with Gasteiger partial charge in [-0.2, -0.15) is 0 Å². The molecule has 0 radical (unpaired) electrons. The van der Waals surface area contributed by atoms with Crippen molar-refractivity contribution in [2.45, 2.75) is 25.0 Å². The number of aryl methyl sites for hydroxylation is 1. The van der Waals surface area contributed by atoms with E-state index in [1.807, 2.05) is 6.26 Å². The molecule has 0 aliphatic heterocycles. The van der Waals surface area contributed by atoms with Gasteiger partial charge in [0.1, 0.15) is 11.0 Å². The van der Waals surface area contributed by atoms with Gasteiger partial charge in [-0.3, -0.25) is 0 Å². The van der Waals surface area contributed by atoms with Crippen LogP contribution in [0.15, 0.2) is 23.4 Å². The Hall–Kier alpha value is -0.780. The summed E-state index contributed by atoms with van der Waals surface area (Å²) in [6.07, 6.45) is 1.93. The number of thiophene rings is 1. The highest BCUT2D eigenvalue weighted by Crippen LogP contribution is 2.26. The number of hydrogen-bond donors (Lipinski definition) is 1. The van der Waals surface area contributed by atoms with Gasteiger partial charge in [-0.15, -0.1) is 11.3 Å². The summed E-state index contributed by atoms with van der Waals surface area (Å²) in [5, 5.41) is 4.49. The van der Waals surface area contributed by atoms with E-state index in [2.05, 4.69) is 41.3 Å².